The summed E-state index contributed by atoms with van der Waals surface area (Å²) < 4.78 is 7.94. The predicted molar refractivity (Wildman–Crippen MR) is 99.0 cm³/mol. The van der Waals surface area contributed by atoms with Crippen LogP contribution in [0.15, 0.2) is 42.7 Å². The summed E-state index contributed by atoms with van der Waals surface area (Å²) in [6, 6.07) is 9.90. The molecule has 0 N–H and O–H groups in total. The number of aryl methyl sites for hydroxylation is 2. The first-order valence-corrected chi connectivity index (χ1v) is 8.95. The van der Waals surface area contributed by atoms with Gasteiger partial charge in [0.2, 0.25) is 0 Å². The summed E-state index contributed by atoms with van der Waals surface area (Å²) >= 11 is 0. The van der Waals surface area contributed by atoms with Crippen LogP contribution in [-0.2, 0) is 11.3 Å². The minimum Gasteiger partial charge on any atom is -0.367 e. The number of benzene rings is 1. The first-order valence-electron chi connectivity index (χ1n) is 8.95. The molecule has 0 unspecified atom stereocenters. The second-order valence-electron chi connectivity index (χ2n) is 6.51. The number of nitrogens with zero attached hydrogens (tertiary/aromatic N) is 4. The molecule has 0 aliphatic carbocycles. The van der Waals surface area contributed by atoms with Gasteiger partial charge in [0.05, 0.1) is 18.7 Å². The number of morpholine rings is 1. The average molecular weight is 350 g/mol. The van der Waals surface area contributed by atoms with Gasteiger partial charge in [-0.1, -0.05) is 18.2 Å². The molecule has 0 radical (unpaired) electrons. The van der Waals surface area contributed by atoms with E-state index in [9.17, 15) is 4.79 Å². The molecule has 0 spiro atoms. The Hall–Kier alpha value is -2.73. The monoisotopic (exact) mass is 350 g/mol. The number of ether oxygens (including phenoxy) is 1. The second-order valence-corrected chi connectivity index (χ2v) is 6.51. The minimum absolute atomic E-state index is 0.0364. The van der Waals surface area contributed by atoms with Gasteiger partial charge in [-0.25, -0.2) is 9.97 Å². The number of rotatable bonds is 3. The molecule has 26 heavy (non-hydrogen) atoms. The number of fused-ring (bicyclic) bond motifs is 1. The highest BCUT2D eigenvalue weighted by atomic mass is 16.5. The highest BCUT2D eigenvalue weighted by Crippen LogP contribution is 2.25. The quantitative estimate of drug-likeness (QED) is 0.729. The lowest BCUT2D eigenvalue weighted by Crippen LogP contribution is -2.42. The number of hydrogen-bond acceptors (Lipinski definition) is 4. The van der Waals surface area contributed by atoms with Crippen molar-refractivity contribution in [3.05, 3.63) is 59.8 Å². The fraction of sp³-hybridized carbons (Fsp3) is 0.350. The lowest BCUT2D eigenvalue weighted by molar-refractivity contribution is -0.0268. The van der Waals surface area contributed by atoms with Crippen molar-refractivity contribution in [2.45, 2.75) is 26.5 Å². The summed E-state index contributed by atoms with van der Waals surface area (Å²) in [7, 11) is 0. The van der Waals surface area contributed by atoms with Crippen LogP contribution in [0.25, 0.3) is 10.9 Å². The van der Waals surface area contributed by atoms with E-state index in [4.69, 9.17) is 4.74 Å². The van der Waals surface area contributed by atoms with Gasteiger partial charge in [-0.05, 0) is 26.0 Å². The van der Waals surface area contributed by atoms with E-state index in [-0.39, 0.29) is 12.0 Å². The summed E-state index contributed by atoms with van der Waals surface area (Å²) in [5, 5.41) is 0.995. The molecule has 4 rings (SSSR count). The van der Waals surface area contributed by atoms with E-state index in [2.05, 4.69) is 27.5 Å². The van der Waals surface area contributed by atoms with Crippen LogP contribution in [0.1, 0.15) is 34.9 Å². The number of aromatic nitrogens is 3. The third-order valence-corrected chi connectivity index (χ3v) is 4.81. The summed E-state index contributed by atoms with van der Waals surface area (Å²) in [6.07, 6.45) is 3.41. The molecule has 1 aromatic carbocycles. The molecule has 6 nitrogen and oxygen atoms in total. The molecule has 2 aromatic heterocycles. The van der Waals surface area contributed by atoms with E-state index in [0.29, 0.717) is 25.5 Å². The van der Waals surface area contributed by atoms with Crippen molar-refractivity contribution < 1.29 is 9.53 Å². The van der Waals surface area contributed by atoms with Crippen LogP contribution in [0.5, 0.6) is 0 Å². The number of para-hydroxylation sites is 1. The zero-order valence-electron chi connectivity index (χ0n) is 15.1. The molecule has 6 heteroatoms. The van der Waals surface area contributed by atoms with E-state index in [1.165, 1.54) is 0 Å². The van der Waals surface area contributed by atoms with Gasteiger partial charge in [0.1, 0.15) is 6.10 Å². The van der Waals surface area contributed by atoms with E-state index < -0.39 is 0 Å². The fourth-order valence-electron chi connectivity index (χ4n) is 3.46. The molecule has 0 bridgehead atoms. The molecule has 1 fully saturated rings. The largest absolute Gasteiger partial charge is 0.367 e. The van der Waals surface area contributed by atoms with Gasteiger partial charge >= 0.3 is 0 Å². The Labute approximate surface area is 152 Å². The Bertz CT molecular complexity index is 950. The lowest BCUT2D eigenvalue weighted by Gasteiger charge is -2.32. The third kappa shape index (κ3) is 2.97. The van der Waals surface area contributed by atoms with Crippen LogP contribution >= 0.6 is 0 Å². The van der Waals surface area contributed by atoms with Crippen molar-refractivity contribution in [2.75, 3.05) is 19.7 Å². The maximum atomic E-state index is 13.2. The standard InChI is InChI=1S/C20H22N4O2/c1-3-23-12-16(15-6-4-5-7-17(15)23)20(25)24-10-11-26-18(13-24)19-21-9-8-14(2)22-19/h4-9,12,18H,3,10-11,13H2,1-2H3/t18-/m0/s1. The Balaban J connectivity index is 1.62. The summed E-state index contributed by atoms with van der Waals surface area (Å²) in [6.45, 7) is 6.37. The van der Waals surface area contributed by atoms with Gasteiger partial charge in [-0.2, -0.15) is 0 Å². The van der Waals surface area contributed by atoms with Gasteiger partial charge in [0.15, 0.2) is 5.82 Å². The van der Waals surface area contributed by atoms with Crippen LogP contribution in [-0.4, -0.2) is 45.0 Å². The van der Waals surface area contributed by atoms with Crippen LogP contribution in [0.3, 0.4) is 0 Å². The fourth-order valence-corrected chi connectivity index (χ4v) is 3.46. The minimum atomic E-state index is -0.285. The highest BCUT2D eigenvalue weighted by molar-refractivity contribution is 6.07. The molecule has 1 aliphatic rings. The Morgan fingerprint density at radius 3 is 2.96 bits per heavy atom. The zero-order chi connectivity index (χ0) is 18.1. The van der Waals surface area contributed by atoms with Crippen molar-refractivity contribution in [3.63, 3.8) is 0 Å². The first-order chi connectivity index (χ1) is 12.7. The third-order valence-electron chi connectivity index (χ3n) is 4.81. The Morgan fingerprint density at radius 1 is 1.31 bits per heavy atom. The van der Waals surface area contributed by atoms with Crippen LogP contribution in [0, 0.1) is 6.92 Å². The number of hydrogen-bond donors (Lipinski definition) is 0. The van der Waals surface area contributed by atoms with Gasteiger partial charge in [-0.3, -0.25) is 4.79 Å². The van der Waals surface area contributed by atoms with E-state index in [1.807, 2.05) is 42.3 Å². The summed E-state index contributed by atoms with van der Waals surface area (Å²) in [4.78, 5) is 23.8. The molecule has 3 heterocycles. The molecular formula is C20H22N4O2. The van der Waals surface area contributed by atoms with Crippen molar-refractivity contribution >= 4 is 16.8 Å². The zero-order valence-corrected chi connectivity index (χ0v) is 15.1. The van der Waals surface area contributed by atoms with Crippen molar-refractivity contribution in [1.82, 2.24) is 19.4 Å². The van der Waals surface area contributed by atoms with Crippen molar-refractivity contribution in [2.24, 2.45) is 0 Å². The number of carbonyl (C=O) groups is 1. The first kappa shape index (κ1) is 16.7. The smallest absolute Gasteiger partial charge is 0.256 e. The normalized spacial score (nSPS) is 17.6. The molecule has 1 atom stereocenters. The maximum absolute atomic E-state index is 13.2. The SMILES string of the molecule is CCn1cc(C(=O)N2CCO[C@H](c3nccc(C)n3)C2)c2ccccc21. The summed E-state index contributed by atoms with van der Waals surface area (Å²) in [5.74, 6) is 0.674. The molecule has 1 amide bonds. The highest BCUT2D eigenvalue weighted by Gasteiger charge is 2.29. The molecule has 1 aliphatic heterocycles. The van der Waals surface area contributed by atoms with Gasteiger partial charge in [0.25, 0.3) is 5.91 Å². The topological polar surface area (TPSA) is 60.2 Å². The number of amides is 1. The van der Waals surface area contributed by atoms with Gasteiger partial charge in [0, 0.05) is 42.1 Å². The lowest BCUT2D eigenvalue weighted by atomic mass is 10.1. The molecule has 1 saturated heterocycles. The Kier molecular flexibility index (Phi) is 4.42. The second kappa shape index (κ2) is 6.88. The van der Waals surface area contributed by atoms with Crippen molar-refractivity contribution in [3.8, 4) is 0 Å². The molecular weight excluding hydrogens is 328 g/mol. The van der Waals surface area contributed by atoms with Gasteiger partial charge < -0.3 is 14.2 Å². The van der Waals surface area contributed by atoms with Crippen LogP contribution in [0.2, 0.25) is 0 Å². The maximum Gasteiger partial charge on any atom is 0.256 e. The van der Waals surface area contributed by atoms with Crippen LogP contribution < -0.4 is 0 Å². The number of carbonyl (C=O) groups excluding carboxylic acids is 1. The van der Waals surface area contributed by atoms with E-state index in [1.54, 1.807) is 6.20 Å². The molecule has 0 saturated carbocycles. The van der Waals surface area contributed by atoms with Crippen LogP contribution in [0.4, 0.5) is 0 Å². The molecule has 134 valence electrons. The van der Waals surface area contributed by atoms with E-state index in [0.717, 1.165) is 28.7 Å². The Morgan fingerprint density at radius 2 is 2.15 bits per heavy atom. The summed E-state index contributed by atoms with van der Waals surface area (Å²) in [5.41, 5.74) is 2.73. The average Bonchev–Trinajstić information content (AvgIpc) is 3.06. The molecule has 3 aromatic rings. The van der Waals surface area contributed by atoms with Gasteiger partial charge in [-0.15, -0.1) is 0 Å². The predicted octanol–water partition coefficient (Wildman–Crippen LogP) is 2.97. The van der Waals surface area contributed by atoms with Crippen molar-refractivity contribution in [1.29, 1.82) is 0 Å². The van der Waals surface area contributed by atoms with E-state index >= 15 is 0 Å².